The van der Waals surface area contributed by atoms with E-state index in [1.165, 1.54) is 12.8 Å². The largest absolute Gasteiger partial charge is 0.387 e. The molecule has 4 heteroatoms. The normalized spacial score (nSPS) is 18.1. The van der Waals surface area contributed by atoms with E-state index >= 15 is 0 Å². The summed E-state index contributed by atoms with van der Waals surface area (Å²) in [6.07, 6.45) is 5.69. The fourth-order valence-corrected chi connectivity index (χ4v) is 1.83. The molecule has 1 amide bonds. The lowest BCUT2D eigenvalue weighted by Crippen LogP contribution is -2.29. The van der Waals surface area contributed by atoms with Crippen molar-refractivity contribution in [2.45, 2.75) is 39.0 Å². The van der Waals surface area contributed by atoms with E-state index in [4.69, 9.17) is 5.73 Å². The summed E-state index contributed by atoms with van der Waals surface area (Å²) in [6, 6.07) is 0. The van der Waals surface area contributed by atoms with Crippen molar-refractivity contribution < 1.29 is 4.79 Å². The van der Waals surface area contributed by atoms with E-state index in [-0.39, 0.29) is 12.5 Å². The van der Waals surface area contributed by atoms with E-state index in [1.54, 1.807) is 0 Å². The zero-order chi connectivity index (χ0) is 11.1. The molecule has 0 radical (unpaired) electrons. The van der Waals surface area contributed by atoms with Gasteiger partial charge in [-0.05, 0) is 19.3 Å². The summed E-state index contributed by atoms with van der Waals surface area (Å²) >= 11 is 0. The molecule has 0 aromatic rings. The molecule has 4 nitrogen and oxygen atoms in total. The second kappa shape index (κ2) is 6.43. The Kier molecular flexibility index (Phi) is 5.15. The van der Waals surface area contributed by atoms with Gasteiger partial charge in [0, 0.05) is 12.5 Å². The Hall–Kier alpha value is -1.06. The summed E-state index contributed by atoms with van der Waals surface area (Å²) in [5.74, 6) is 1.06. The van der Waals surface area contributed by atoms with Gasteiger partial charge in [-0.3, -0.25) is 9.79 Å². The van der Waals surface area contributed by atoms with E-state index < -0.39 is 0 Å². The monoisotopic (exact) mass is 211 g/mol. The van der Waals surface area contributed by atoms with Crippen LogP contribution in [0, 0.1) is 5.92 Å². The van der Waals surface area contributed by atoms with Crippen molar-refractivity contribution in [1.82, 2.24) is 5.32 Å². The molecule has 0 aromatic heterocycles. The Bertz CT molecular complexity index is 232. The third-order valence-electron chi connectivity index (χ3n) is 2.75. The Morgan fingerprint density at radius 2 is 2.13 bits per heavy atom. The molecule has 0 atom stereocenters. The number of amides is 1. The molecule has 15 heavy (non-hydrogen) atoms. The van der Waals surface area contributed by atoms with Crippen molar-refractivity contribution in [2.75, 3.05) is 13.1 Å². The molecule has 0 saturated heterocycles. The molecule has 0 spiro atoms. The van der Waals surface area contributed by atoms with Gasteiger partial charge in [0.15, 0.2) is 0 Å². The first kappa shape index (κ1) is 12.0. The average molecular weight is 211 g/mol. The van der Waals surface area contributed by atoms with Crippen LogP contribution in [0.1, 0.15) is 39.0 Å². The third kappa shape index (κ3) is 4.32. The molecule has 3 N–H and O–H groups in total. The summed E-state index contributed by atoms with van der Waals surface area (Å²) < 4.78 is 0. The van der Waals surface area contributed by atoms with Crippen LogP contribution in [0.2, 0.25) is 0 Å². The number of hydrogen-bond donors (Lipinski definition) is 2. The molecule has 1 aliphatic carbocycles. The van der Waals surface area contributed by atoms with Crippen molar-refractivity contribution in [3.63, 3.8) is 0 Å². The maximum Gasteiger partial charge on any atom is 0.241 e. The van der Waals surface area contributed by atoms with Gasteiger partial charge in [-0.2, -0.15) is 0 Å². The lowest BCUT2D eigenvalue weighted by molar-refractivity contribution is -0.119. The Morgan fingerprint density at radius 1 is 1.47 bits per heavy atom. The molecule has 0 aromatic carbocycles. The average Bonchev–Trinajstić information content (AvgIpc) is 2.76. The lowest BCUT2D eigenvalue weighted by Gasteiger charge is -2.07. The van der Waals surface area contributed by atoms with Crippen molar-refractivity contribution in [3.8, 4) is 0 Å². The van der Waals surface area contributed by atoms with E-state index in [1.807, 2.05) is 6.92 Å². The number of carbonyl (C=O) groups excluding carboxylic acids is 1. The van der Waals surface area contributed by atoms with Crippen molar-refractivity contribution >= 4 is 11.7 Å². The number of amidine groups is 1. The summed E-state index contributed by atoms with van der Waals surface area (Å²) in [7, 11) is 0. The predicted molar refractivity (Wildman–Crippen MR) is 61.7 cm³/mol. The zero-order valence-electron chi connectivity index (χ0n) is 9.46. The number of nitrogens with zero attached hydrogens (tertiary/aromatic N) is 1. The molecule has 0 bridgehead atoms. The topological polar surface area (TPSA) is 67.5 Å². The van der Waals surface area contributed by atoms with E-state index in [0.29, 0.717) is 11.8 Å². The smallest absolute Gasteiger partial charge is 0.241 e. The molecule has 0 unspecified atom stereocenters. The molecule has 1 aliphatic rings. The van der Waals surface area contributed by atoms with Gasteiger partial charge >= 0.3 is 0 Å². The summed E-state index contributed by atoms with van der Waals surface area (Å²) in [5, 5.41) is 2.78. The number of carbonyl (C=O) groups is 1. The molecule has 0 heterocycles. The highest BCUT2D eigenvalue weighted by Gasteiger charge is 2.18. The third-order valence-corrected chi connectivity index (χ3v) is 2.75. The van der Waals surface area contributed by atoms with Crippen LogP contribution in [-0.4, -0.2) is 24.8 Å². The zero-order valence-corrected chi connectivity index (χ0v) is 9.46. The number of hydrogen-bond acceptors (Lipinski definition) is 2. The minimum atomic E-state index is -0.0298. The van der Waals surface area contributed by atoms with Crippen molar-refractivity contribution in [2.24, 2.45) is 16.6 Å². The first-order valence-corrected chi connectivity index (χ1v) is 5.80. The van der Waals surface area contributed by atoms with Crippen LogP contribution in [0.3, 0.4) is 0 Å². The van der Waals surface area contributed by atoms with Gasteiger partial charge in [-0.15, -0.1) is 0 Å². The maximum atomic E-state index is 11.2. The van der Waals surface area contributed by atoms with Crippen LogP contribution in [-0.2, 0) is 4.79 Å². The van der Waals surface area contributed by atoms with Gasteiger partial charge < -0.3 is 11.1 Å². The fraction of sp³-hybridized carbons (Fsp3) is 0.818. The first-order valence-electron chi connectivity index (χ1n) is 5.80. The van der Waals surface area contributed by atoms with Crippen molar-refractivity contribution in [3.05, 3.63) is 0 Å². The van der Waals surface area contributed by atoms with Crippen LogP contribution in [0.5, 0.6) is 0 Å². The number of nitrogens with one attached hydrogen (secondary N) is 1. The van der Waals surface area contributed by atoms with Gasteiger partial charge in [-0.1, -0.05) is 19.8 Å². The molecule has 1 saturated carbocycles. The van der Waals surface area contributed by atoms with E-state index in [0.717, 1.165) is 25.8 Å². The summed E-state index contributed by atoms with van der Waals surface area (Å²) in [6.45, 7) is 2.93. The SMILES string of the molecule is CCCNC(=O)CN=C(N)C1CCCC1. The Labute approximate surface area is 91.3 Å². The maximum absolute atomic E-state index is 11.2. The molecule has 0 aliphatic heterocycles. The standard InChI is InChI=1S/C11H21N3O/c1-2-7-13-10(15)8-14-11(12)9-5-3-4-6-9/h9H,2-8H2,1H3,(H2,12,14)(H,13,15). The van der Waals surface area contributed by atoms with Crippen LogP contribution in [0.4, 0.5) is 0 Å². The molecular formula is C11H21N3O. The molecule has 1 rings (SSSR count). The summed E-state index contributed by atoms with van der Waals surface area (Å²) in [4.78, 5) is 15.4. The van der Waals surface area contributed by atoms with E-state index in [2.05, 4.69) is 10.3 Å². The molecule has 86 valence electrons. The second-order valence-corrected chi connectivity index (χ2v) is 4.07. The highest BCUT2D eigenvalue weighted by atomic mass is 16.1. The quantitative estimate of drug-likeness (QED) is 0.527. The fourth-order valence-electron chi connectivity index (χ4n) is 1.83. The van der Waals surface area contributed by atoms with Gasteiger partial charge in [0.25, 0.3) is 0 Å². The highest BCUT2D eigenvalue weighted by Crippen LogP contribution is 2.24. The Balaban J connectivity index is 2.26. The number of nitrogens with two attached hydrogens (primary N) is 1. The molecular weight excluding hydrogens is 190 g/mol. The minimum absolute atomic E-state index is 0.0298. The minimum Gasteiger partial charge on any atom is -0.387 e. The first-order chi connectivity index (χ1) is 7.24. The number of aliphatic imine (C=N–C) groups is 1. The van der Waals surface area contributed by atoms with Crippen molar-refractivity contribution in [1.29, 1.82) is 0 Å². The van der Waals surface area contributed by atoms with Crippen LogP contribution in [0.15, 0.2) is 4.99 Å². The van der Waals surface area contributed by atoms with Crippen LogP contribution < -0.4 is 11.1 Å². The van der Waals surface area contributed by atoms with Gasteiger partial charge in [0.1, 0.15) is 6.54 Å². The predicted octanol–water partition coefficient (Wildman–Crippen LogP) is 1.06. The van der Waals surface area contributed by atoms with E-state index in [9.17, 15) is 4.79 Å². The van der Waals surface area contributed by atoms with Crippen LogP contribution >= 0.6 is 0 Å². The molecule has 1 fully saturated rings. The second-order valence-electron chi connectivity index (χ2n) is 4.07. The summed E-state index contributed by atoms with van der Waals surface area (Å²) in [5.41, 5.74) is 5.83. The highest BCUT2D eigenvalue weighted by molar-refractivity contribution is 5.86. The number of rotatable bonds is 5. The van der Waals surface area contributed by atoms with Gasteiger partial charge in [-0.25, -0.2) is 0 Å². The van der Waals surface area contributed by atoms with Gasteiger partial charge in [0.2, 0.25) is 5.91 Å². The Morgan fingerprint density at radius 3 is 2.73 bits per heavy atom. The lowest BCUT2D eigenvalue weighted by atomic mass is 10.1. The van der Waals surface area contributed by atoms with Gasteiger partial charge in [0.05, 0.1) is 5.84 Å². The van der Waals surface area contributed by atoms with Crippen LogP contribution in [0.25, 0.3) is 0 Å².